The van der Waals surface area contributed by atoms with E-state index in [2.05, 4.69) is 26.1 Å². The fraction of sp³-hybridized carbons (Fsp3) is 0.333. The van der Waals surface area contributed by atoms with Crippen molar-refractivity contribution >= 4 is 29.3 Å². The molecule has 4 nitrogen and oxygen atoms in total. The molecule has 0 heterocycles. The van der Waals surface area contributed by atoms with Crippen LogP contribution >= 0.6 is 11.8 Å². The molecule has 0 aliphatic carbocycles. The van der Waals surface area contributed by atoms with Gasteiger partial charge in [0.25, 0.3) is 5.91 Å². The number of likely N-dealkylation sites (N-methyl/N-ethyl adjacent to an activating group) is 1. The van der Waals surface area contributed by atoms with Gasteiger partial charge in [-0.3, -0.25) is 9.59 Å². The Labute approximate surface area is 160 Å². The molecule has 0 bridgehead atoms. The zero-order valence-corrected chi connectivity index (χ0v) is 16.8. The van der Waals surface area contributed by atoms with E-state index in [0.29, 0.717) is 5.56 Å². The number of rotatable bonds is 5. The number of nitrogens with zero attached hydrogens (tertiary/aromatic N) is 1. The van der Waals surface area contributed by atoms with Gasteiger partial charge in [-0.2, -0.15) is 0 Å². The molecule has 0 atom stereocenters. The summed E-state index contributed by atoms with van der Waals surface area (Å²) in [5, 5.41) is 2.87. The molecule has 0 aliphatic rings. The topological polar surface area (TPSA) is 49.4 Å². The summed E-state index contributed by atoms with van der Waals surface area (Å²) in [7, 11) is 1.64. The molecule has 0 saturated heterocycles. The van der Waals surface area contributed by atoms with Crippen LogP contribution in [0.25, 0.3) is 0 Å². The van der Waals surface area contributed by atoms with Crippen LogP contribution in [-0.4, -0.2) is 36.6 Å². The van der Waals surface area contributed by atoms with Crippen LogP contribution in [0.4, 0.5) is 5.69 Å². The van der Waals surface area contributed by atoms with Crippen LogP contribution in [0.5, 0.6) is 0 Å². The Morgan fingerprint density at radius 1 is 1.04 bits per heavy atom. The standard InChI is InChI=1S/C21H26N2O2S/c1-21(2,3)16-12-10-15(11-13-16)20(25)23(4)14-19(24)22-17-8-6-7-9-18(17)26-5/h6-13H,14H2,1-5H3,(H,22,24). The molecule has 2 aromatic carbocycles. The zero-order valence-electron chi connectivity index (χ0n) is 16.0. The normalized spacial score (nSPS) is 11.1. The summed E-state index contributed by atoms with van der Waals surface area (Å²) in [5.41, 5.74) is 2.55. The van der Waals surface area contributed by atoms with E-state index in [1.165, 1.54) is 10.5 Å². The van der Waals surface area contributed by atoms with Gasteiger partial charge in [0.15, 0.2) is 0 Å². The third kappa shape index (κ3) is 5.11. The second kappa shape index (κ2) is 8.41. The first kappa shape index (κ1) is 20.0. The van der Waals surface area contributed by atoms with Crippen molar-refractivity contribution < 1.29 is 9.59 Å². The molecule has 0 aliphatic heterocycles. The average Bonchev–Trinajstić information content (AvgIpc) is 2.60. The molecular formula is C21H26N2O2S. The minimum absolute atomic E-state index is 0.00255. The first-order valence-corrected chi connectivity index (χ1v) is 9.73. The van der Waals surface area contributed by atoms with Crippen molar-refractivity contribution in [1.82, 2.24) is 4.90 Å². The maximum Gasteiger partial charge on any atom is 0.254 e. The number of anilines is 1. The molecule has 138 valence electrons. The van der Waals surface area contributed by atoms with Gasteiger partial charge in [-0.25, -0.2) is 0 Å². The van der Waals surface area contributed by atoms with Gasteiger partial charge >= 0.3 is 0 Å². The summed E-state index contributed by atoms with van der Waals surface area (Å²) >= 11 is 1.57. The van der Waals surface area contributed by atoms with Crippen molar-refractivity contribution in [3.8, 4) is 0 Å². The Kier molecular flexibility index (Phi) is 6.48. The van der Waals surface area contributed by atoms with Crippen molar-refractivity contribution in [3.05, 3.63) is 59.7 Å². The van der Waals surface area contributed by atoms with E-state index in [4.69, 9.17) is 0 Å². The molecule has 0 radical (unpaired) electrons. The van der Waals surface area contributed by atoms with Gasteiger partial charge in [-0.1, -0.05) is 45.0 Å². The highest BCUT2D eigenvalue weighted by Gasteiger charge is 2.18. The van der Waals surface area contributed by atoms with Crippen molar-refractivity contribution in [3.63, 3.8) is 0 Å². The molecule has 1 N–H and O–H groups in total. The minimum atomic E-state index is -0.214. The van der Waals surface area contributed by atoms with E-state index < -0.39 is 0 Å². The van der Waals surface area contributed by atoms with Crippen molar-refractivity contribution in [2.45, 2.75) is 31.1 Å². The van der Waals surface area contributed by atoms with Gasteiger partial charge in [0, 0.05) is 17.5 Å². The maximum absolute atomic E-state index is 12.6. The Balaban J connectivity index is 2.01. The highest BCUT2D eigenvalue weighted by molar-refractivity contribution is 7.98. The predicted molar refractivity (Wildman–Crippen MR) is 109 cm³/mol. The van der Waals surface area contributed by atoms with E-state index in [-0.39, 0.29) is 23.8 Å². The average molecular weight is 371 g/mol. The fourth-order valence-electron chi connectivity index (χ4n) is 2.56. The Morgan fingerprint density at radius 2 is 1.65 bits per heavy atom. The molecule has 2 amide bonds. The molecule has 2 rings (SSSR count). The summed E-state index contributed by atoms with van der Waals surface area (Å²) < 4.78 is 0. The minimum Gasteiger partial charge on any atom is -0.332 e. The lowest BCUT2D eigenvalue weighted by molar-refractivity contribution is -0.116. The summed E-state index contributed by atoms with van der Waals surface area (Å²) in [6.07, 6.45) is 1.96. The van der Waals surface area contributed by atoms with E-state index in [9.17, 15) is 9.59 Å². The van der Waals surface area contributed by atoms with Crippen LogP contribution in [0.15, 0.2) is 53.4 Å². The number of hydrogen-bond donors (Lipinski definition) is 1. The highest BCUT2D eigenvalue weighted by atomic mass is 32.2. The number of benzene rings is 2. The van der Waals surface area contributed by atoms with Crippen molar-refractivity contribution in [2.75, 3.05) is 25.2 Å². The lowest BCUT2D eigenvalue weighted by Crippen LogP contribution is -2.35. The number of thioether (sulfide) groups is 1. The van der Waals surface area contributed by atoms with Crippen LogP contribution in [0.2, 0.25) is 0 Å². The van der Waals surface area contributed by atoms with Crippen molar-refractivity contribution in [1.29, 1.82) is 0 Å². The first-order valence-electron chi connectivity index (χ1n) is 8.51. The third-order valence-corrected chi connectivity index (χ3v) is 4.90. The number of carbonyl (C=O) groups is 2. The molecule has 5 heteroatoms. The summed E-state index contributed by atoms with van der Waals surface area (Å²) in [4.78, 5) is 27.3. The van der Waals surface area contributed by atoms with E-state index in [0.717, 1.165) is 10.6 Å². The molecule has 0 aromatic heterocycles. The van der Waals surface area contributed by atoms with Gasteiger partial charge in [-0.15, -0.1) is 11.8 Å². The lowest BCUT2D eigenvalue weighted by Gasteiger charge is -2.20. The number of nitrogens with one attached hydrogen (secondary N) is 1. The van der Waals surface area contributed by atoms with Crippen LogP contribution in [0.1, 0.15) is 36.7 Å². The zero-order chi connectivity index (χ0) is 19.3. The van der Waals surface area contributed by atoms with E-state index in [1.54, 1.807) is 18.8 Å². The summed E-state index contributed by atoms with van der Waals surface area (Å²) in [5.74, 6) is -0.382. The van der Waals surface area contributed by atoms with Crippen molar-refractivity contribution in [2.24, 2.45) is 0 Å². The SMILES string of the molecule is CSc1ccccc1NC(=O)CN(C)C(=O)c1ccc(C(C)(C)C)cc1. The van der Waals surface area contributed by atoms with Gasteiger partial charge in [0.2, 0.25) is 5.91 Å². The highest BCUT2D eigenvalue weighted by Crippen LogP contribution is 2.25. The fourth-order valence-corrected chi connectivity index (χ4v) is 3.11. The monoisotopic (exact) mass is 370 g/mol. The van der Waals surface area contributed by atoms with Gasteiger partial charge in [0.05, 0.1) is 12.2 Å². The number of carbonyl (C=O) groups excluding carboxylic acids is 2. The lowest BCUT2D eigenvalue weighted by atomic mass is 9.86. The third-order valence-electron chi connectivity index (χ3n) is 4.11. The molecule has 0 spiro atoms. The Morgan fingerprint density at radius 3 is 2.23 bits per heavy atom. The smallest absolute Gasteiger partial charge is 0.254 e. The molecule has 26 heavy (non-hydrogen) atoms. The quantitative estimate of drug-likeness (QED) is 0.793. The van der Waals surface area contributed by atoms with Crippen LogP contribution in [0, 0.1) is 0 Å². The van der Waals surface area contributed by atoms with Gasteiger partial charge in [-0.05, 0) is 41.5 Å². The second-order valence-corrected chi connectivity index (χ2v) is 8.09. The van der Waals surface area contributed by atoms with Gasteiger partial charge < -0.3 is 10.2 Å². The number of amides is 2. The van der Waals surface area contributed by atoms with Crippen LogP contribution in [0.3, 0.4) is 0 Å². The summed E-state index contributed by atoms with van der Waals surface area (Å²) in [6.45, 7) is 6.40. The molecule has 0 fully saturated rings. The first-order chi connectivity index (χ1) is 12.2. The van der Waals surface area contributed by atoms with Crippen LogP contribution in [-0.2, 0) is 10.2 Å². The molecule has 0 saturated carbocycles. The predicted octanol–water partition coefficient (Wildman–Crippen LogP) is 4.42. The number of hydrogen-bond acceptors (Lipinski definition) is 3. The largest absolute Gasteiger partial charge is 0.332 e. The maximum atomic E-state index is 12.6. The number of para-hydroxylation sites is 1. The van der Waals surface area contributed by atoms with E-state index in [1.807, 2.05) is 54.8 Å². The Hall–Kier alpha value is -2.27. The Bertz CT molecular complexity index is 779. The molecule has 2 aromatic rings. The second-order valence-electron chi connectivity index (χ2n) is 7.24. The summed E-state index contributed by atoms with van der Waals surface area (Å²) in [6, 6.07) is 15.2. The molecule has 0 unspecified atom stereocenters. The molecular weight excluding hydrogens is 344 g/mol. The van der Waals surface area contributed by atoms with Crippen LogP contribution < -0.4 is 5.32 Å². The van der Waals surface area contributed by atoms with Gasteiger partial charge in [0.1, 0.15) is 0 Å². The van der Waals surface area contributed by atoms with E-state index >= 15 is 0 Å².